The molecule has 3 rings (SSSR count). The van der Waals surface area contributed by atoms with Gasteiger partial charge in [-0.25, -0.2) is 0 Å². The fourth-order valence-electron chi connectivity index (χ4n) is 2.99. The fraction of sp³-hybridized carbons (Fsp3) is 0.500. The summed E-state index contributed by atoms with van der Waals surface area (Å²) in [5.74, 6) is 0.665. The molecule has 1 atom stereocenters. The molecule has 0 aliphatic carbocycles. The maximum absolute atomic E-state index is 11.6. The van der Waals surface area contributed by atoms with Crippen molar-refractivity contribution in [2.75, 3.05) is 25.5 Å². The number of carbonyl (C=O) groups is 1. The Morgan fingerprint density at radius 2 is 2.35 bits per heavy atom. The van der Waals surface area contributed by atoms with Gasteiger partial charge >= 0.3 is 0 Å². The van der Waals surface area contributed by atoms with Crippen LogP contribution >= 0.6 is 0 Å². The normalized spacial score (nSPS) is 23.5. The third-order valence-corrected chi connectivity index (χ3v) is 3.91. The Morgan fingerprint density at radius 1 is 1.47 bits per heavy atom. The molecule has 1 saturated heterocycles. The summed E-state index contributed by atoms with van der Waals surface area (Å²) < 4.78 is 0. The molecular formula is C14H20N2O. The van der Waals surface area contributed by atoms with E-state index in [1.54, 1.807) is 0 Å². The summed E-state index contributed by atoms with van der Waals surface area (Å²) in [6.45, 7) is 1.94. The lowest BCUT2D eigenvalue weighted by molar-refractivity contribution is -0.126. The van der Waals surface area contributed by atoms with Crippen LogP contribution < -0.4 is 5.32 Å². The summed E-state index contributed by atoms with van der Waals surface area (Å²) in [7, 11) is 1.90. The van der Waals surface area contributed by atoms with Gasteiger partial charge in [0, 0.05) is 39.6 Å². The van der Waals surface area contributed by atoms with E-state index in [4.69, 9.17) is 0 Å². The molecule has 3 heteroatoms. The van der Waals surface area contributed by atoms with Crippen LogP contribution in [0.1, 0.15) is 31.3 Å². The first-order valence-corrected chi connectivity index (χ1v) is 6.35. The van der Waals surface area contributed by atoms with Crippen molar-refractivity contribution < 1.29 is 6.22 Å². The van der Waals surface area contributed by atoms with Crippen LogP contribution in [0.2, 0.25) is 0 Å². The molecule has 1 unspecified atom stereocenters. The molecule has 3 nitrogen and oxygen atoms in total. The second-order valence-corrected chi connectivity index (χ2v) is 5.08. The monoisotopic (exact) mass is 232 g/mol. The van der Waals surface area contributed by atoms with Crippen molar-refractivity contribution >= 4 is 11.6 Å². The second-order valence-electron chi connectivity index (χ2n) is 5.08. The van der Waals surface area contributed by atoms with E-state index < -0.39 is 0 Å². The van der Waals surface area contributed by atoms with Gasteiger partial charge in [-0.3, -0.25) is 4.79 Å². The van der Waals surface area contributed by atoms with Crippen LogP contribution in [-0.4, -0.2) is 30.9 Å². The van der Waals surface area contributed by atoms with E-state index in [-0.39, 0.29) is 7.33 Å². The number of rotatable bonds is 1. The number of hydrogen-bond donors (Lipinski definition) is 1. The fourth-order valence-corrected chi connectivity index (χ4v) is 2.99. The third kappa shape index (κ3) is 1.79. The first-order chi connectivity index (χ1) is 8.25. The van der Waals surface area contributed by atoms with E-state index in [0.29, 0.717) is 12.3 Å². The van der Waals surface area contributed by atoms with Crippen LogP contribution in [0.4, 0.5) is 5.69 Å². The number of likely N-dealkylation sites (N-methyl/N-ethyl adjacent to an activating group) is 1. The van der Waals surface area contributed by atoms with E-state index in [0.717, 1.165) is 19.5 Å². The maximum Gasteiger partial charge on any atom is 0.223 e. The van der Waals surface area contributed by atoms with Crippen molar-refractivity contribution in [3.05, 3.63) is 29.3 Å². The second kappa shape index (κ2) is 4.06. The van der Waals surface area contributed by atoms with Gasteiger partial charge in [0.2, 0.25) is 5.91 Å². The van der Waals surface area contributed by atoms with Crippen molar-refractivity contribution in [1.82, 2.24) is 4.90 Å². The van der Waals surface area contributed by atoms with Crippen molar-refractivity contribution in [2.24, 2.45) is 0 Å². The molecule has 17 heavy (non-hydrogen) atoms. The SMILES string of the molecule is CN1CC(c2cccc3c2CCCN3)CC1=O.[HH]. The van der Waals surface area contributed by atoms with Gasteiger partial charge < -0.3 is 10.2 Å². The van der Waals surface area contributed by atoms with E-state index in [9.17, 15) is 4.79 Å². The molecule has 0 saturated carbocycles. The number of amides is 1. The van der Waals surface area contributed by atoms with Gasteiger partial charge in [-0.1, -0.05) is 12.1 Å². The highest BCUT2D eigenvalue weighted by Gasteiger charge is 2.30. The van der Waals surface area contributed by atoms with Crippen molar-refractivity contribution in [3.8, 4) is 0 Å². The van der Waals surface area contributed by atoms with Gasteiger partial charge in [-0.15, -0.1) is 0 Å². The van der Waals surface area contributed by atoms with Crippen LogP contribution in [0.25, 0.3) is 0 Å². The summed E-state index contributed by atoms with van der Waals surface area (Å²) in [4.78, 5) is 13.5. The largest absolute Gasteiger partial charge is 0.385 e. The molecule has 0 radical (unpaired) electrons. The highest BCUT2D eigenvalue weighted by atomic mass is 16.2. The highest BCUT2D eigenvalue weighted by Crippen LogP contribution is 2.34. The molecule has 0 aromatic heterocycles. The zero-order valence-corrected chi connectivity index (χ0v) is 10.2. The molecular weight excluding hydrogens is 212 g/mol. The lowest BCUT2D eigenvalue weighted by atomic mass is 9.89. The molecule has 2 aliphatic heterocycles. The first kappa shape index (κ1) is 10.6. The molecule has 2 aliphatic rings. The molecule has 0 spiro atoms. The summed E-state index contributed by atoms with van der Waals surface area (Å²) >= 11 is 0. The van der Waals surface area contributed by atoms with E-state index in [1.807, 2.05) is 11.9 Å². The number of carbonyl (C=O) groups excluding carboxylic acids is 1. The first-order valence-electron chi connectivity index (χ1n) is 6.35. The topological polar surface area (TPSA) is 32.3 Å². The van der Waals surface area contributed by atoms with Gasteiger partial charge in [0.1, 0.15) is 0 Å². The van der Waals surface area contributed by atoms with Crippen molar-refractivity contribution in [2.45, 2.75) is 25.2 Å². The predicted molar refractivity (Wildman–Crippen MR) is 70.4 cm³/mol. The zero-order valence-electron chi connectivity index (χ0n) is 10.2. The van der Waals surface area contributed by atoms with Crippen LogP contribution in [0.3, 0.4) is 0 Å². The Balaban J connectivity index is 0.00000120. The maximum atomic E-state index is 11.6. The lowest BCUT2D eigenvalue weighted by Crippen LogP contribution is -2.19. The molecule has 1 aromatic carbocycles. The Morgan fingerprint density at radius 3 is 3.12 bits per heavy atom. The standard InChI is InChI=1S/C14H18N2O.H2/c1-16-9-10(8-14(16)17)11-4-2-6-13-12(11)5-3-7-15-13;/h2,4,6,10,15H,3,5,7-9H2,1H3;1H. The minimum atomic E-state index is 0. The number of hydrogen-bond acceptors (Lipinski definition) is 2. The molecule has 1 fully saturated rings. The summed E-state index contributed by atoms with van der Waals surface area (Å²) in [6.07, 6.45) is 3.01. The van der Waals surface area contributed by atoms with Gasteiger partial charge in [-0.05, 0) is 30.0 Å². The highest BCUT2D eigenvalue weighted by molar-refractivity contribution is 5.79. The minimum absolute atomic E-state index is 0. The lowest BCUT2D eigenvalue weighted by Gasteiger charge is -2.23. The number of likely N-dealkylation sites (tertiary alicyclic amines) is 1. The Kier molecular flexibility index (Phi) is 2.54. The van der Waals surface area contributed by atoms with Crippen molar-refractivity contribution in [1.29, 1.82) is 0 Å². The van der Waals surface area contributed by atoms with Gasteiger partial charge in [0.05, 0.1) is 0 Å². The van der Waals surface area contributed by atoms with Crippen LogP contribution in [-0.2, 0) is 11.2 Å². The Labute approximate surface area is 103 Å². The number of nitrogens with one attached hydrogen (secondary N) is 1. The van der Waals surface area contributed by atoms with Crippen molar-refractivity contribution in [3.63, 3.8) is 0 Å². The van der Waals surface area contributed by atoms with Gasteiger partial charge in [-0.2, -0.15) is 0 Å². The number of nitrogens with zero attached hydrogens (tertiary/aromatic N) is 1. The van der Waals surface area contributed by atoms with Gasteiger partial charge in [0.15, 0.2) is 0 Å². The third-order valence-electron chi connectivity index (χ3n) is 3.91. The summed E-state index contributed by atoms with van der Waals surface area (Å²) in [6, 6.07) is 6.46. The molecule has 2 heterocycles. The number of anilines is 1. The minimum Gasteiger partial charge on any atom is -0.385 e. The molecule has 92 valence electrons. The summed E-state index contributed by atoms with van der Waals surface area (Å²) in [5, 5.41) is 3.45. The Hall–Kier alpha value is -1.51. The van der Waals surface area contributed by atoms with E-state index in [2.05, 4.69) is 23.5 Å². The smallest absolute Gasteiger partial charge is 0.223 e. The number of fused-ring (bicyclic) bond motifs is 1. The van der Waals surface area contributed by atoms with E-state index >= 15 is 0 Å². The van der Waals surface area contributed by atoms with E-state index in [1.165, 1.54) is 23.2 Å². The van der Waals surface area contributed by atoms with Crippen LogP contribution in [0, 0.1) is 0 Å². The predicted octanol–water partition coefficient (Wildman–Crippen LogP) is 2.24. The molecule has 1 N–H and O–H groups in total. The van der Waals surface area contributed by atoms with Crippen LogP contribution in [0.15, 0.2) is 18.2 Å². The molecule has 1 amide bonds. The quantitative estimate of drug-likeness (QED) is 0.805. The Bertz CT molecular complexity index is 461. The summed E-state index contributed by atoms with van der Waals surface area (Å²) in [5.41, 5.74) is 4.09. The number of benzene rings is 1. The zero-order chi connectivity index (χ0) is 11.8. The molecule has 0 bridgehead atoms. The average molecular weight is 232 g/mol. The van der Waals surface area contributed by atoms with Gasteiger partial charge in [0.25, 0.3) is 0 Å². The average Bonchev–Trinajstić information content (AvgIpc) is 2.69. The van der Waals surface area contributed by atoms with Crippen LogP contribution in [0.5, 0.6) is 0 Å². The molecule has 1 aromatic rings.